The van der Waals surface area contributed by atoms with Crippen LogP contribution < -0.4 is 11.3 Å². The Balaban J connectivity index is 2.17. The lowest BCUT2D eigenvalue weighted by Crippen LogP contribution is -2.38. The number of hydrazine groups is 1. The highest BCUT2D eigenvalue weighted by atomic mass is 35.5. The summed E-state index contributed by atoms with van der Waals surface area (Å²) in [6.45, 7) is 0. The van der Waals surface area contributed by atoms with Gasteiger partial charge in [0.15, 0.2) is 0 Å². The van der Waals surface area contributed by atoms with Crippen LogP contribution in [0.4, 0.5) is 4.39 Å². The first-order valence-corrected chi connectivity index (χ1v) is 7.47. The maximum Gasteiger partial charge on any atom is 0.127 e. The Morgan fingerprint density at radius 2 is 1.81 bits per heavy atom. The normalized spacial score (nSPS) is 12.4. The maximum absolute atomic E-state index is 13.8. The summed E-state index contributed by atoms with van der Waals surface area (Å²) in [5.41, 5.74) is 4.00. The summed E-state index contributed by atoms with van der Waals surface area (Å²) in [6, 6.07) is 9.67. The van der Waals surface area contributed by atoms with Crippen LogP contribution in [-0.2, 0) is 12.8 Å². The fourth-order valence-electron chi connectivity index (χ4n) is 2.12. The van der Waals surface area contributed by atoms with Gasteiger partial charge in [-0.3, -0.25) is 11.3 Å². The molecule has 6 heteroatoms. The van der Waals surface area contributed by atoms with Crippen molar-refractivity contribution in [3.05, 3.63) is 68.4 Å². The van der Waals surface area contributed by atoms with Gasteiger partial charge in [0.2, 0.25) is 0 Å². The van der Waals surface area contributed by atoms with Crippen LogP contribution in [0.3, 0.4) is 0 Å². The number of hydrogen-bond acceptors (Lipinski definition) is 2. The molecule has 0 radical (unpaired) electrons. The van der Waals surface area contributed by atoms with Gasteiger partial charge in [-0.25, -0.2) is 4.39 Å². The molecule has 1 atom stereocenters. The van der Waals surface area contributed by atoms with Crippen LogP contribution in [0.5, 0.6) is 0 Å². The topological polar surface area (TPSA) is 38.0 Å². The minimum Gasteiger partial charge on any atom is -0.271 e. The first-order valence-electron chi connectivity index (χ1n) is 6.34. The smallest absolute Gasteiger partial charge is 0.127 e. The monoisotopic (exact) mass is 346 g/mol. The van der Waals surface area contributed by atoms with E-state index in [1.54, 1.807) is 24.3 Å². The average Bonchev–Trinajstić information content (AvgIpc) is 2.44. The fourth-order valence-corrected chi connectivity index (χ4v) is 2.84. The molecule has 21 heavy (non-hydrogen) atoms. The van der Waals surface area contributed by atoms with Gasteiger partial charge in [-0.2, -0.15) is 0 Å². The van der Waals surface area contributed by atoms with Gasteiger partial charge in [0.25, 0.3) is 0 Å². The summed E-state index contributed by atoms with van der Waals surface area (Å²) in [5, 5.41) is 1.51. The summed E-state index contributed by atoms with van der Waals surface area (Å²) in [4.78, 5) is 0. The molecule has 0 aromatic heterocycles. The van der Waals surface area contributed by atoms with Crippen molar-refractivity contribution in [2.24, 2.45) is 5.84 Å². The number of nitrogens with one attached hydrogen (secondary N) is 1. The second-order valence-corrected chi connectivity index (χ2v) is 5.96. The Kier molecular flexibility index (Phi) is 5.85. The quantitative estimate of drug-likeness (QED) is 0.621. The third-order valence-corrected chi connectivity index (χ3v) is 4.17. The van der Waals surface area contributed by atoms with E-state index in [1.807, 2.05) is 6.07 Å². The molecule has 2 nitrogen and oxygen atoms in total. The molecule has 0 spiro atoms. The lowest BCUT2D eigenvalue weighted by atomic mass is 9.99. The number of hydrogen-bond donors (Lipinski definition) is 2. The first kappa shape index (κ1) is 16.5. The molecule has 0 amide bonds. The van der Waals surface area contributed by atoms with Gasteiger partial charge in [0.05, 0.1) is 0 Å². The molecule has 0 fully saturated rings. The van der Waals surface area contributed by atoms with Crippen molar-refractivity contribution in [1.29, 1.82) is 0 Å². The fraction of sp³-hybridized carbons (Fsp3) is 0.200. The van der Waals surface area contributed by atoms with E-state index >= 15 is 0 Å². The molecule has 112 valence electrons. The molecular weight excluding hydrogens is 334 g/mol. The lowest BCUT2D eigenvalue weighted by Gasteiger charge is -2.18. The van der Waals surface area contributed by atoms with Crippen molar-refractivity contribution in [3.63, 3.8) is 0 Å². The highest BCUT2D eigenvalue weighted by Gasteiger charge is 2.16. The minimum atomic E-state index is -0.343. The molecule has 0 saturated carbocycles. The van der Waals surface area contributed by atoms with E-state index in [2.05, 4.69) is 5.43 Å². The van der Waals surface area contributed by atoms with E-state index in [-0.39, 0.29) is 11.9 Å². The third kappa shape index (κ3) is 4.31. The van der Waals surface area contributed by atoms with Gasteiger partial charge in [-0.1, -0.05) is 46.9 Å². The molecule has 0 saturated heterocycles. The van der Waals surface area contributed by atoms with Crippen molar-refractivity contribution in [1.82, 2.24) is 5.43 Å². The van der Waals surface area contributed by atoms with Gasteiger partial charge in [-0.15, -0.1) is 0 Å². The molecule has 0 bridgehead atoms. The van der Waals surface area contributed by atoms with Gasteiger partial charge >= 0.3 is 0 Å². The molecular formula is C15H14Cl3FN2. The predicted octanol–water partition coefficient (Wildman–Crippen LogP) is 4.40. The highest BCUT2D eigenvalue weighted by molar-refractivity contribution is 6.35. The third-order valence-electron chi connectivity index (χ3n) is 3.23. The van der Waals surface area contributed by atoms with Gasteiger partial charge < -0.3 is 0 Å². The number of nitrogens with two attached hydrogens (primary N) is 1. The van der Waals surface area contributed by atoms with Crippen LogP contribution in [0.15, 0.2) is 36.4 Å². The second kappa shape index (κ2) is 7.43. The van der Waals surface area contributed by atoms with Crippen molar-refractivity contribution in [2.45, 2.75) is 18.9 Å². The summed E-state index contributed by atoms with van der Waals surface area (Å²) >= 11 is 18.0. The van der Waals surface area contributed by atoms with E-state index in [1.165, 1.54) is 6.07 Å². The Bertz CT molecular complexity index is 614. The molecule has 0 aliphatic heterocycles. The molecule has 0 aliphatic rings. The van der Waals surface area contributed by atoms with Crippen LogP contribution >= 0.6 is 34.8 Å². The lowest BCUT2D eigenvalue weighted by molar-refractivity contribution is 0.506. The standard InChI is InChI=1S/C15H14Cl3FN2/c16-10-5-4-9(14(18)7-10)6-11(21-20)8-12-13(17)2-1-3-15(12)19/h1-5,7,11,21H,6,8,20H2. The van der Waals surface area contributed by atoms with Crippen molar-refractivity contribution >= 4 is 34.8 Å². The predicted molar refractivity (Wildman–Crippen MR) is 86.4 cm³/mol. The van der Waals surface area contributed by atoms with Crippen LogP contribution in [0, 0.1) is 5.82 Å². The summed E-state index contributed by atoms with van der Waals surface area (Å²) in [5.74, 6) is 5.22. The Labute approximate surface area is 138 Å². The zero-order valence-electron chi connectivity index (χ0n) is 11.0. The molecule has 2 rings (SSSR count). The SMILES string of the molecule is NNC(Cc1ccc(Cl)cc1Cl)Cc1c(F)cccc1Cl. The van der Waals surface area contributed by atoms with Crippen molar-refractivity contribution in [2.75, 3.05) is 0 Å². The van der Waals surface area contributed by atoms with Gasteiger partial charge in [-0.05, 0) is 42.7 Å². The van der Waals surface area contributed by atoms with Crippen LogP contribution in [0.2, 0.25) is 15.1 Å². The Morgan fingerprint density at radius 3 is 2.43 bits per heavy atom. The minimum absolute atomic E-state index is 0.196. The number of rotatable bonds is 5. The molecule has 2 aromatic rings. The van der Waals surface area contributed by atoms with E-state index in [0.29, 0.717) is 33.5 Å². The van der Waals surface area contributed by atoms with Crippen molar-refractivity contribution in [3.8, 4) is 0 Å². The first-order chi connectivity index (χ1) is 10.0. The second-order valence-electron chi connectivity index (χ2n) is 4.71. The zero-order chi connectivity index (χ0) is 15.4. The summed E-state index contributed by atoms with van der Waals surface area (Å²) in [6.07, 6.45) is 0.901. The molecule has 2 aromatic carbocycles. The van der Waals surface area contributed by atoms with Crippen LogP contribution in [-0.4, -0.2) is 6.04 Å². The Morgan fingerprint density at radius 1 is 1.05 bits per heavy atom. The van der Waals surface area contributed by atoms with Gasteiger partial charge in [0, 0.05) is 26.7 Å². The number of halogens is 4. The molecule has 0 aliphatic carbocycles. The largest absolute Gasteiger partial charge is 0.271 e. The number of benzene rings is 2. The summed E-state index contributed by atoms with van der Waals surface area (Å²) < 4.78 is 13.8. The van der Waals surface area contributed by atoms with Crippen LogP contribution in [0.25, 0.3) is 0 Å². The van der Waals surface area contributed by atoms with E-state index in [4.69, 9.17) is 40.6 Å². The van der Waals surface area contributed by atoms with E-state index in [9.17, 15) is 4.39 Å². The average molecular weight is 348 g/mol. The van der Waals surface area contributed by atoms with Gasteiger partial charge in [0.1, 0.15) is 5.82 Å². The van der Waals surface area contributed by atoms with E-state index < -0.39 is 0 Å². The highest BCUT2D eigenvalue weighted by Crippen LogP contribution is 2.25. The maximum atomic E-state index is 13.8. The summed E-state index contributed by atoms with van der Waals surface area (Å²) in [7, 11) is 0. The molecule has 3 N–H and O–H groups in total. The van der Waals surface area contributed by atoms with Crippen molar-refractivity contribution < 1.29 is 4.39 Å². The van der Waals surface area contributed by atoms with E-state index in [0.717, 1.165) is 5.56 Å². The molecule has 0 heterocycles. The molecule has 1 unspecified atom stereocenters. The van der Waals surface area contributed by atoms with Crippen LogP contribution in [0.1, 0.15) is 11.1 Å². The zero-order valence-corrected chi connectivity index (χ0v) is 13.3. The Hall–Kier alpha value is -0.840.